The minimum absolute atomic E-state index is 0.217. The van der Waals surface area contributed by atoms with E-state index in [9.17, 15) is 4.79 Å². The Kier molecular flexibility index (Phi) is 4.14. The molecule has 1 saturated heterocycles. The molecule has 1 aromatic rings. The number of thioether (sulfide) groups is 1. The van der Waals surface area contributed by atoms with E-state index in [1.165, 1.54) is 54.9 Å². The van der Waals surface area contributed by atoms with E-state index in [0.29, 0.717) is 17.0 Å². The molecule has 2 N–H and O–H groups in total. The van der Waals surface area contributed by atoms with Gasteiger partial charge in [-0.05, 0) is 31.6 Å². The van der Waals surface area contributed by atoms with Crippen molar-refractivity contribution in [2.24, 2.45) is 5.92 Å². The van der Waals surface area contributed by atoms with Gasteiger partial charge < -0.3 is 10.7 Å². The van der Waals surface area contributed by atoms with Crippen LogP contribution in [0.5, 0.6) is 0 Å². The molecule has 7 heteroatoms. The molecule has 1 saturated carbocycles. The topological polar surface area (TPSA) is 77.0 Å². The zero-order valence-corrected chi connectivity index (χ0v) is 12.4. The Balaban J connectivity index is 1.59. The zero-order valence-electron chi connectivity index (χ0n) is 11.6. The second-order valence-electron chi connectivity index (χ2n) is 5.65. The van der Waals surface area contributed by atoms with Gasteiger partial charge in [-0.25, -0.2) is 4.68 Å². The first-order valence-corrected chi connectivity index (χ1v) is 8.31. The minimum atomic E-state index is 0.217. The standard InChI is InChI=1S/C13H21N5OS/c14-18-9-15-16-13(18)20-8-12(19)17-7-3-5-10-4-1-2-6-11(10)17/h9-11H,1-8,14H2/t10-,11+/m0/s1. The van der Waals surface area contributed by atoms with Crippen LogP contribution in [-0.4, -0.2) is 44.0 Å². The molecule has 0 spiro atoms. The van der Waals surface area contributed by atoms with E-state index in [1.54, 1.807) is 0 Å². The van der Waals surface area contributed by atoms with Crippen LogP contribution < -0.4 is 5.84 Å². The van der Waals surface area contributed by atoms with Gasteiger partial charge in [0.25, 0.3) is 0 Å². The molecule has 6 nitrogen and oxygen atoms in total. The quantitative estimate of drug-likeness (QED) is 0.671. The number of nitrogens with zero attached hydrogens (tertiary/aromatic N) is 4. The van der Waals surface area contributed by atoms with Crippen molar-refractivity contribution in [3.8, 4) is 0 Å². The summed E-state index contributed by atoms with van der Waals surface area (Å²) in [5, 5.41) is 8.21. The second kappa shape index (κ2) is 6.03. The number of amides is 1. The van der Waals surface area contributed by atoms with Crippen LogP contribution in [0, 0.1) is 5.92 Å². The van der Waals surface area contributed by atoms with E-state index in [-0.39, 0.29) is 5.91 Å². The number of nitrogens with two attached hydrogens (primary N) is 1. The van der Waals surface area contributed by atoms with Crippen LogP contribution in [0.1, 0.15) is 38.5 Å². The normalized spacial score (nSPS) is 26.3. The highest BCUT2D eigenvalue weighted by Gasteiger charge is 2.35. The molecule has 2 fully saturated rings. The predicted molar refractivity (Wildman–Crippen MR) is 77.6 cm³/mol. The molecule has 0 bridgehead atoms. The molecule has 2 atom stereocenters. The molecule has 1 aliphatic carbocycles. The Bertz CT molecular complexity index is 475. The Hall–Kier alpha value is -1.24. The summed E-state index contributed by atoms with van der Waals surface area (Å²) < 4.78 is 1.36. The molecular formula is C13H21N5OS. The Morgan fingerprint density at radius 1 is 1.35 bits per heavy atom. The summed E-state index contributed by atoms with van der Waals surface area (Å²) >= 11 is 1.37. The van der Waals surface area contributed by atoms with Gasteiger partial charge in [-0.1, -0.05) is 24.6 Å². The first kappa shape index (κ1) is 13.7. The maximum Gasteiger partial charge on any atom is 0.233 e. The molecule has 0 aromatic carbocycles. The number of carbonyl (C=O) groups excluding carboxylic acids is 1. The number of piperidine rings is 1. The summed E-state index contributed by atoms with van der Waals surface area (Å²) in [6.45, 7) is 0.913. The van der Waals surface area contributed by atoms with Crippen molar-refractivity contribution in [3.63, 3.8) is 0 Å². The van der Waals surface area contributed by atoms with Crippen molar-refractivity contribution in [2.75, 3.05) is 18.1 Å². The van der Waals surface area contributed by atoms with Gasteiger partial charge in [-0.2, -0.15) is 0 Å². The summed E-state index contributed by atoms with van der Waals surface area (Å²) in [6, 6.07) is 0.473. The monoisotopic (exact) mass is 295 g/mol. The number of fused-ring (bicyclic) bond motifs is 1. The van der Waals surface area contributed by atoms with E-state index in [4.69, 9.17) is 5.84 Å². The lowest BCUT2D eigenvalue weighted by molar-refractivity contribution is -0.134. The van der Waals surface area contributed by atoms with Crippen LogP contribution in [0.4, 0.5) is 0 Å². The molecule has 1 aromatic heterocycles. The maximum atomic E-state index is 12.5. The van der Waals surface area contributed by atoms with Crippen molar-refractivity contribution >= 4 is 17.7 Å². The molecule has 0 unspecified atom stereocenters. The molecule has 110 valence electrons. The van der Waals surface area contributed by atoms with Gasteiger partial charge in [-0.3, -0.25) is 4.79 Å². The first-order valence-electron chi connectivity index (χ1n) is 7.33. The van der Waals surface area contributed by atoms with Crippen LogP contribution in [0.15, 0.2) is 11.5 Å². The number of nitrogen functional groups attached to an aromatic ring is 1. The predicted octanol–water partition coefficient (Wildman–Crippen LogP) is 1.27. The van der Waals surface area contributed by atoms with E-state index in [2.05, 4.69) is 15.1 Å². The van der Waals surface area contributed by atoms with Crippen molar-refractivity contribution < 1.29 is 4.79 Å². The van der Waals surface area contributed by atoms with Gasteiger partial charge in [0.1, 0.15) is 6.33 Å². The third-order valence-corrected chi connectivity index (χ3v) is 5.37. The fraction of sp³-hybridized carbons (Fsp3) is 0.769. The molecule has 1 aliphatic heterocycles. The van der Waals surface area contributed by atoms with Gasteiger partial charge in [0.05, 0.1) is 5.75 Å². The van der Waals surface area contributed by atoms with E-state index < -0.39 is 0 Å². The Labute approximate surface area is 123 Å². The zero-order chi connectivity index (χ0) is 13.9. The van der Waals surface area contributed by atoms with Gasteiger partial charge in [0.2, 0.25) is 11.1 Å². The summed E-state index contributed by atoms with van der Waals surface area (Å²) in [7, 11) is 0. The molecule has 2 aliphatic rings. The van der Waals surface area contributed by atoms with E-state index >= 15 is 0 Å². The number of rotatable bonds is 3. The highest BCUT2D eigenvalue weighted by atomic mass is 32.2. The van der Waals surface area contributed by atoms with Crippen LogP contribution in [-0.2, 0) is 4.79 Å². The minimum Gasteiger partial charge on any atom is -0.339 e. The molecule has 3 rings (SSSR count). The van der Waals surface area contributed by atoms with Crippen molar-refractivity contribution in [1.29, 1.82) is 0 Å². The van der Waals surface area contributed by atoms with Crippen LogP contribution in [0.25, 0.3) is 0 Å². The van der Waals surface area contributed by atoms with E-state index in [0.717, 1.165) is 18.9 Å². The van der Waals surface area contributed by atoms with Gasteiger partial charge in [0, 0.05) is 12.6 Å². The highest BCUT2D eigenvalue weighted by molar-refractivity contribution is 7.99. The average molecular weight is 295 g/mol. The van der Waals surface area contributed by atoms with Gasteiger partial charge >= 0.3 is 0 Å². The van der Waals surface area contributed by atoms with Gasteiger partial charge in [-0.15, -0.1) is 10.2 Å². The Morgan fingerprint density at radius 3 is 2.95 bits per heavy atom. The third kappa shape index (κ3) is 2.77. The Morgan fingerprint density at radius 2 is 2.15 bits per heavy atom. The van der Waals surface area contributed by atoms with Crippen molar-refractivity contribution in [2.45, 2.75) is 49.7 Å². The molecular weight excluding hydrogens is 274 g/mol. The lowest BCUT2D eigenvalue weighted by Crippen LogP contribution is -2.50. The van der Waals surface area contributed by atoms with Crippen molar-refractivity contribution in [3.05, 3.63) is 6.33 Å². The summed E-state index contributed by atoms with van der Waals surface area (Å²) in [5.41, 5.74) is 0. The van der Waals surface area contributed by atoms with Crippen LogP contribution in [0.2, 0.25) is 0 Å². The first-order chi connectivity index (χ1) is 9.75. The van der Waals surface area contributed by atoms with E-state index in [1.807, 2.05) is 0 Å². The van der Waals surface area contributed by atoms with Crippen LogP contribution >= 0.6 is 11.8 Å². The lowest BCUT2D eigenvalue weighted by Gasteiger charge is -2.44. The molecule has 1 amide bonds. The average Bonchev–Trinajstić information content (AvgIpc) is 2.89. The molecule has 2 heterocycles. The summed E-state index contributed by atoms with van der Waals surface area (Å²) in [5.74, 6) is 7.00. The number of likely N-dealkylation sites (tertiary alicyclic amines) is 1. The lowest BCUT2D eigenvalue weighted by atomic mass is 9.78. The SMILES string of the molecule is Nn1cnnc1SCC(=O)N1CCC[C@@H]2CCCC[C@H]21. The smallest absolute Gasteiger partial charge is 0.233 e. The number of carbonyl (C=O) groups is 1. The summed E-state index contributed by atoms with van der Waals surface area (Å²) in [6.07, 6.45) is 8.94. The summed E-state index contributed by atoms with van der Waals surface area (Å²) in [4.78, 5) is 14.6. The number of aromatic nitrogens is 3. The molecule has 0 radical (unpaired) electrons. The van der Waals surface area contributed by atoms with Gasteiger partial charge in [0.15, 0.2) is 0 Å². The van der Waals surface area contributed by atoms with Crippen molar-refractivity contribution in [1.82, 2.24) is 19.8 Å². The fourth-order valence-corrected chi connectivity index (χ4v) is 4.20. The second-order valence-corrected chi connectivity index (χ2v) is 6.59. The number of hydrogen-bond acceptors (Lipinski definition) is 5. The highest BCUT2D eigenvalue weighted by Crippen LogP contribution is 2.35. The largest absolute Gasteiger partial charge is 0.339 e. The fourth-order valence-electron chi connectivity index (χ4n) is 3.48. The molecule has 20 heavy (non-hydrogen) atoms. The number of hydrogen-bond donors (Lipinski definition) is 1. The third-order valence-electron chi connectivity index (χ3n) is 4.43. The maximum absolute atomic E-state index is 12.5. The van der Waals surface area contributed by atoms with Crippen LogP contribution in [0.3, 0.4) is 0 Å².